The van der Waals surface area contributed by atoms with E-state index >= 15 is 0 Å². The van der Waals surface area contributed by atoms with Gasteiger partial charge in [-0.05, 0) is 68.2 Å². The van der Waals surface area contributed by atoms with Gasteiger partial charge in [-0.1, -0.05) is 0 Å². The van der Waals surface area contributed by atoms with Gasteiger partial charge in [-0.2, -0.15) is 12.6 Å². The normalized spacial score (nSPS) is 39.7. The summed E-state index contributed by atoms with van der Waals surface area (Å²) in [5.41, 5.74) is -0.184. The van der Waals surface area contributed by atoms with Crippen LogP contribution in [0.15, 0.2) is 29.2 Å². The molecule has 5 rings (SSSR count). The molecule has 1 aromatic carbocycles. The van der Waals surface area contributed by atoms with Crippen LogP contribution < -0.4 is 0 Å². The van der Waals surface area contributed by atoms with E-state index in [-0.39, 0.29) is 18.0 Å². The first kappa shape index (κ1) is 16.3. The zero-order valence-corrected chi connectivity index (χ0v) is 14.9. The minimum absolute atomic E-state index is 0.0907. The summed E-state index contributed by atoms with van der Waals surface area (Å²) in [6.07, 6.45) is 3.27. The first-order valence-corrected chi connectivity index (χ1v) is 9.17. The first-order chi connectivity index (χ1) is 11.3. The third-order valence-corrected chi connectivity index (χ3v) is 6.90. The standard InChI is InChI=1S/C18H20O4S2/c19-15(11-1-3-13(23)4-2-11)22-14-12-5-10-6-17(8-12,16(20)21)9-18(14,24)7-10/h1-4,10,12,14,23-24H,5-9H2,(H,20,21). The number of carboxylic acid groups (broad SMARTS) is 1. The van der Waals surface area contributed by atoms with Crippen molar-refractivity contribution >= 4 is 37.2 Å². The molecule has 4 bridgehead atoms. The molecule has 1 aromatic rings. The van der Waals surface area contributed by atoms with Gasteiger partial charge in [0.05, 0.1) is 15.7 Å². The van der Waals surface area contributed by atoms with Crippen molar-refractivity contribution in [2.24, 2.45) is 17.3 Å². The summed E-state index contributed by atoms with van der Waals surface area (Å²) in [6.45, 7) is 0. The number of benzene rings is 1. The molecule has 4 nitrogen and oxygen atoms in total. The summed E-state index contributed by atoms with van der Waals surface area (Å²) in [5, 5.41) is 9.72. The highest BCUT2D eigenvalue weighted by Crippen LogP contribution is 2.64. The van der Waals surface area contributed by atoms with E-state index in [4.69, 9.17) is 17.4 Å². The van der Waals surface area contributed by atoms with Crippen LogP contribution in [-0.2, 0) is 9.53 Å². The van der Waals surface area contributed by atoms with Crippen molar-refractivity contribution in [3.8, 4) is 0 Å². The lowest BCUT2D eigenvalue weighted by molar-refractivity contribution is -0.173. The molecule has 4 fully saturated rings. The number of thiol groups is 2. The number of aliphatic carboxylic acids is 1. The van der Waals surface area contributed by atoms with Crippen LogP contribution in [0.25, 0.3) is 0 Å². The summed E-state index contributed by atoms with van der Waals surface area (Å²) in [5.74, 6) is -0.611. The molecule has 6 heteroatoms. The van der Waals surface area contributed by atoms with Gasteiger partial charge in [-0.3, -0.25) is 4.79 Å². The molecule has 4 saturated carbocycles. The number of ether oxygens (including phenoxy) is 1. The van der Waals surface area contributed by atoms with E-state index in [2.05, 4.69) is 12.6 Å². The molecular weight excluding hydrogens is 344 g/mol. The van der Waals surface area contributed by atoms with E-state index in [9.17, 15) is 14.7 Å². The van der Waals surface area contributed by atoms with E-state index in [1.54, 1.807) is 24.3 Å². The molecular formula is C18H20O4S2. The Morgan fingerprint density at radius 3 is 2.50 bits per heavy atom. The average Bonchev–Trinajstić information content (AvgIpc) is 2.50. The van der Waals surface area contributed by atoms with Gasteiger partial charge in [0.25, 0.3) is 0 Å². The molecule has 4 aliphatic rings. The zero-order valence-electron chi connectivity index (χ0n) is 13.1. The van der Waals surface area contributed by atoms with Gasteiger partial charge in [-0.15, -0.1) is 12.6 Å². The Kier molecular flexibility index (Phi) is 3.69. The number of hydrogen-bond donors (Lipinski definition) is 3. The summed E-state index contributed by atoms with van der Waals surface area (Å²) < 4.78 is 5.32. The Morgan fingerprint density at radius 2 is 1.88 bits per heavy atom. The molecule has 4 aliphatic carbocycles. The van der Waals surface area contributed by atoms with Crippen LogP contribution in [0.5, 0.6) is 0 Å². The maximum Gasteiger partial charge on any atom is 0.338 e. The molecule has 0 heterocycles. The van der Waals surface area contributed by atoms with Crippen molar-refractivity contribution in [1.82, 2.24) is 0 Å². The Morgan fingerprint density at radius 1 is 1.17 bits per heavy atom. The minimum Gasteiger partial charge on any atom is -0.481 e. The van der Waals surface area contributed by atoms with E-state index in [0.29, 0.717) is 24.3 Å². The van der Waals surface area contributed by atoms with E-state index in [1.807, 2.05) is 0 Å². The van der Waals surface area contributed by atoms with Gasteiger partial charge in [-0.25, -0.2) is 4.79 Å². The molecule has 128 valence electrons. The second kappa shape index (κ2) is 5.43. The van der Waals surface area contributed by atoms with Crippen molar-refractivity contribution in [3.63, 3.8) is 0 Å². The van der Waals surface area contributed by atoms with Gasteiger partial charge >= 0.3 is 11.9 Å². The predicted molar refractivity (Wildman–Crippen MR) is 94.7 cm³/mol. The van der Waals surface area contributed by atoms with Gasteiger partial charge in [0.15, 0.2) is 0 Å². The highest BCUT2D eigenvalue weighted by atomic mass is 32.1. The topological polar surface area (TPSA) is 63.6 Å². The fourth-order valence-electron chi connectivity index (χ4n) is 5.31. The van der Waals surface area contributed by atoms with Crippen molar-refractivity contribution in [2.45, 2.75) is 47.9 Å². The smallest absolute Gasteiger partial charge is 0.338 e. The SMILES string of the molecule is O=C(OC1C2CC3CC(C(=O)O)(C2)CC1(S)C3)c1ccc(S)cc1. The van der Waals surface area contributed by atoms with Crippen LogP contribution in [0.4, 0.5) is 0 Å². The Hall–Kier alpha value is -1.14. The van der Waals surface area contributed by atoms with Crippen molar-refractivity contribution in [3.05, 3.63) is 29.8 Å². The third-order valence-electron chi connectivity index (χ3n) is 6.00. The first-order valence-electron chi connectivity index (χ1n) is 8.27. The monoisotopic (exact) mass is 364 g/mol. The fraction of sp³-hybridized carbons (Fsp3) is 0.556. The Bertz CT molecular complexity index is 703. The van der Waals surface area contributed by atoms with Crippen LogP contribution in [-0.4, -0.2) is 27.9 Å². The van der Waals surface area contributed by atoms with Gasteiger partial charge in [0.2, 0.25) is 0 Å². The maximum absolute atomic E-state index is 12.5. The lowest BCUT2D eigenvalue weighted by Crippen LogP contribution is -2.64. The molecule has 0 aliphatic heterocycles. The number of carbonyl (C=O) groups is 2. The van der Waals surface area contributed by atoms with E-state index < -0.39 is 16.1 Å². The van der Waals surface area contributed by atoms with E-state index in [1.165, 1.54) is 0 Å². The summed E-state index contributed by atoms with van der Waals surface area (Å²) >= 11 is 9.06. The lowest BCUT2D eigenvalue weighted by Gasteiger charge is -2.61. The summed E-state index contributed by atoms with van der Waals surface area (Å²) in [7, 11) is 0. The molecule has 0 aromatic heterocycles. The minimum atomic E-state index is -0.718. The zero-order chi connectivity index (χ0) is 17.1. The quantitative estimate of drug-likeness (QED) is 0.568. The molecule has 1 N–H and O–H groups in total. The molecule has 0 spiro atoms. The highest BCUT2D eigenvalue weighted by Gasteiger charge is 2.65. The summed E-state index contributed by atoms with van der Waals surface area (Å²) in [4.78, 5) is 25.1. The maximum atomic E-state index is 12.5. The van der Waals surface area contributed by atoms with Crippen LogP contribution in [0.2, 0.25) is 0 Å². The molecule has 0 radical (unpaired) electrons. The summed E-state index contributed by atoms with van der Waals surface area (Å²) in [6, 6.07) is 6.91. The van der Waals surface area contributed by atoms with Gasteiger partial charge < -0.3 is 9.84 Å². The Balaban J connectivity index is 1.58. The molecule has 5 atom stereocenters. The average molecular weight is 364 g/mol. The van der Waals surface area contributed by atoms with Crippen molar-refractivity contribution in [2.75, 3.05) is 0 Å². The molecule has 24 heavy (non-hydrogen) atoms. The predicted octanol–water partition coefficient (Wildman–Crippen LogP) is 3.46. The van der Waals surface area contributed by atoms with Gasteiger partial charge in [0.1, 0.15) is 6.10 Å². The van der Waals surface area contributed by atoms with Crippen LogP contribution in [0.1, 0.15) is 42.5 Å². The number of esters is 1. The van der Waals surface area contributed by atoms with Crippen LogP contribution in [0, 0.1) is 17.3 Å². The van der Waals surface area contributed by atoms with Crippen LogP contribution in [0.3, 0.4) is 0 Å². The third kappa shape index (κ3) is 2.46. The number of hydrogen-bond acceptors (Lipinski definition) is 5. The largest absolute Gasteiger partial charge is 0.481 e. The van der Waals surface area contributed by atoms with Crippen LogP contribution >= 0.6 is 25.3 Å². The fourth-order valence-corrected chi connectivity index (χ4v) is 6.29. The van der Waals surface area contributed by atoms with Crippen molar-refractivity contribution in [1.29, 1.82) is 0 Å². The number of carboxylic acids is 1. The molecule has 5 unspecified atom stereocenters. The highest BCUT2D eigenvalue weighted by molar-refractivity contribution is 7.81. The Labute approximate surface area is 151 Å². The lowest BCUT2D eigenvalue weighted by atomic mass is 9.48. The second-order valence-corrected chi connectivity index (χ2v) is 9.12. The van der Waals surface area contributed by atoms with E-state index in [0.717, 1.165) is 24.2 Å². The van der Waals surface area contributed by atoms with Crippen molar-refractivity contribution < 1.29 is 19.4 Å². The molecule has 0 saturated heterocycles. The molecule has 0 amide bonds. The van der Waals surface area contributed by atoms with Gasteiger partial charge in [0, 0.05) is 4.90 Å². The second-order valence-electron chi connectivity index (χ2n) is 7.71. The number of carbonyl (C=O) groups excluding carboxylic acids is 1. The number of rotatable bonds is 3.